The highest BCUT2D eigenvalue weighted by Crippen LogP contribution is 2.28. The number of amides is 1. The van der Waals surface area contributed by atoms with Crippen LogP contribution in [0.25, 0.3) is 21.5 Å². The SMILES string of the molecule is NC(=O)c1cc2ccc(-c3nncs3)cc2n(C2C=CS(=O)(=O)C2)c1=O. The Labute approximate surface area is 151 Å². The molecule has 1 atom stereocenters. The molecule has 8 nitrogen and oxygen atoms in total. The van der Waals surface area contributed by atoms with Gasteiger partial charge in [-0.1, -0.05) is 23.5 Å². The van der Waals surface area contributed by atoms with Crippen molar-refractivity contribution in [1.82, 2.24) is 14.8 Å². The summed E-state index contributed by atoms with van der Waals surface area (Å²) in [6.45, 7) is 0. The predicted octanol–water partition coefficient (Wildman–Crippen LogP) is 1.10. The van der Waals surface area contributed by atoms with E-state index in [2.05, 4.69) is 10.2 Å². The molecule has 2 aromatic heterocycles. The fourth-order valence-electron chi connectivity index (χ4n) is 2.99. The zero-order chi connectivity index (χ0) is 18.5. The fraction of sp³-hybridized carbons (Fsp3) is 0.125. The van der Waals surface area contributed by atoms with Crippen LogP contribution in [0.5, 0.6) is 0 Å². The van der Waals surface area contributed by atoms with Gasteiger partial charge >= 0.3 is 0 Å². The van der Waals surface area contributed by atoms with Gasteiger partial charge in [0.1, 0.15) is 16.1 Å². The lowest BCUT2D eigenvalue weighted by atomic mass is 10.1. The zero-order valence-corrected chi connectivity index (χ0v) is 14.8. The summed E-state index contributed by atoms with van der Waals surface area (Å²) in [5.41, 5.74) is 7.36. The van der Waals surface area contributed by atoms with Gasteiger partial charge in [-0.2, -0.15) is 0 Å². The summed E-state index contributed by atoms with van der Waals surface area (Å²) >= 11 is 1.34. The van der Waals surface area contributed by atoms with E-state index >= 15 is 0 Å². The van der Waals surface area contributed by atoms with Crippen LogP contribution in [-0.4, -0.2) is 34.8 Å². The van der Waals surface area contributed by atoms with Gasteiger partial charge in [-0.25, -0.2) is 8.42 Å². The normalized spacial score (nSPS) is 18.4. The molecule has 1 aliphatic heterocycles. The zero-order valence-electron chi connectivity index (χ0n) is 13.2. The number of hydrogen-bond acceptors (Lipinski definition) is 7. The highest BCUT2D eigenvalue weighted by atomic mass is 32.2. The van der Waals surface area contributed by atoms with Crippen LogP contribution in [0.1, 0.15) is 16.4 Å². The first-order chi connectivity index (χ1) is 12.4. The summed E-state index contributed by atoms with van der Waals surface area (Å²) in [4.78, 5) is 24.5. The highest BCUT2D eigenvalue weighted by Gasteiger charge is 2.27. The molecular weight excluding hydrogens is 376 g/mol. The van der Waals surface area contributed by atoms with E-state index in [0.717, 1.165) is 11.0 Å². The lowest BCUT2D eigenvalue weighted by Crippen LogP contribution is -2.32. The van der Waals surface area contributed by atoms with Crippen molar-refractivity contribution in [3.63, 3.8) is 0 Å². The molecule has 26 heavy (non-hydrogen) atoms. The van der Waals surface area contributed by atoms with Crippen molar-refractivity contribution in [2.24, 2.45) is 5.73 Å². The van der Waals surface area contributed by atoms with E-state index in [1.165, 1.54) is 28.0 Å². The average molecular weight is 388 g/mol. The first kappa shape index (κ1) is 16.6. The summed E-state index contributed by atoms with van der Waals surface area (Å²) in [6, 6.07) is 5.98. The first-order valence-corrected chi connectivity index (χ1v) is 10.1. The molecule has 0 fully saturated rings. The van der Waals surface area contributed by atoms with Crippen LogP contribution in [0, 0.1) is 0 Å². The van der Waals surface area contributed by atoms with E-state index in [1.807, 2.05) is 0 Å². The summed E-state index contributed by atoms with van der Waals surface area (Å²) in [6.07, 6.45) is 1.44. The van der Waals surface area contributed by atoms with Gasteiger partial charge < -0.3 is 5.73 Å². The van der Waals surface area contributed by atoms with Crippen molar-refractivity contribution in [1.29, 1.82) is 0 Å². The fourth-order valence-corrected chi connectivity index (χ4v) is 4.81. The average Bonchev–Trinajstić information content (AvgIpc) is 3.23. The maximum Gasteiger partial charge on any atom is 0.264 e. The van der Waals surface area contributed by atoms with E-state index in [4.69, 9.17) is 5.73 Å². The number of allylic oxidation sites excluding steroid dienone is 1. The molecule has 0 saturated carbocycles. The first-order valence-electron chi connectivity index (χ1n) is 7.52. The van der Waals surface area contributed by atoms with Gasteiger partial charge in [0, 0.05) is 11.0 Å². The van der Waals surface area contributed by atoms with Crippen LogP contribution in [0.3, 0.4) is 0 Å². The molecular formula is C16H12N4O4S2. The van der Waals surface area contributed by atoms with Crippen molar-refractivity contribution in [3.8, 4) is 10.6 Å². The van der Waals surface area contributed by atoms with E-state index < -0.39 is 27.3 Å². The van der Waals surface area contributed by atoms with Crippen molar-refractivity contribution in [3.05, 3.63) is 57.2 Å². The standard InChI is InChI=1S/C16H12N4O4S2/c17-14(21)12-5-9-1-2-10(15-19-18-8-25-15)6-13(9)20(16(12)22)11-3-4-26(23,24)7-11/h1-6,8,11H,7H2,(H2,17,21). The molecule has 10 heteroatoms. The van der Waals surface area contributed by atoms with Crippen LogP contribution < -0.4 is 11.3 Å². The Morgan fingerprint density at radius 2 is 2.12 bits per heavy atom. The Morgan fingerprint density at radius 3 is 2.73 bits per heavy atom. The summed E-state index contributed by atoms with van der Waals surface area (Å²) in [5, 5.41) is 10.2. The van der Waals surface area contributed by atoms with Gasteiger partial charge in [0.2, 0.25) is 0 Å². The third kappa shape index (κ3) is 2.72. The van der Waals surface area contributed by atoms with Crippen molar-refractivity contribution >= 4 is 38.0 Å². The van der Waals surface area contributed by atoms with Crippen LogP contribution in [0.4, 0.5) is 0 Å². The minimum atomic E-state index is -3.39. The third-order valence-corrected chi connectivity index (χ3v) is 6.27. The van der Waals surface area contributed by atoms with Crippen LogP contribution in [0.2, 0.25) is 0 Å². The number of hydrogen-bond donors (Lipinski definition) is 1. The number of pyridine rings is 1. The van der Waals surface area contributed by atoms with Crippen molar-refractivity contribution < 1.29 is 13.2 Å². The van der Waals surface area contributed by atoms with Gasteiger partial charge in [-0.15, -0.1) is 10.2 Å². The Hall–Kier alpha value is -2.85. The molecule has 0 spiro atoms. The van der Waals surface area contributed by atoms with Gasteiger partial charge in [0.25, 0.3) is 11.5 Å². The van der Waals surface area contributed by atoms with Crippen LogP contribution in [0.15, 0.2) is 46.1 Å². The van der Waals surface area contributed by atoms with E-state index in [1.54, 1.807) is 23.7 Å². The summed E-state index contributed by atoms with van der Waals surface area (Å²) in [5.74, 6) is -1.10. The number of nitrogens with zero attached hydrogens (tertiary/aromatic N) is 3. The van der Waals surface area contributed by atoms with Gasteiger partial charge in [-0.3, -0.25) is 14.2 Å². The monoisotopic (exact) mass is 388 g/mol. The lowest BCUT2D eigenvalue weighted by Gasteiger charge is -2.17. The Morgan fingerprint density at radius 1 is 1.31 bits per heavy atom. The maximum atomic E-state index is 12.8. The number of primary amides is 1. The third-order valence-electron chi connectivity index (χ3n) is 4.15. The molecule has 1 unspecified atom stereocenters. The predicted molar refractivity (Wildman–Crippen MR) is 97.6 cm³/mol. The quantitative estimate of drug-likeness (QED) is 0.716. The second-order valence-corrected chi connectivity index (χ2v) is 8.60. The number of carbonyl (C=O) groups excluding carboxylic acids is 1. The minimum Gasteiger partial charge on any atom is -0.365 e. The molecule has 3 aromatic rings. The second-order valence-electron chi connectivity index (χ2n) is 5.84. The number of benzene rings is 1. The molecule has 0 radical (unpaired) electrons. The van der Waals surface area contributed by atoms with Gasteiger partial charge in [0.15, 0.2) is 9.84 Å². The molecule has 0 bridgehead atoms. The number of nitrogens with two attached hydrogens (primary N) is 1. The Bertz CT molecular complexity index is 1230. The molecule has 2 N–H and O–H groups in total. The molecule has 0 aliphatic carbocycles. The Balaban J connectivity index is 2.03. The topological polar surface area (TPSA) is 125 Å². The maximum absolute atomic E-state index is 12.8. The summed E-state index contributed by atoms with van der Waals surface area (Å²) < 4.78 is 25.0. The minimum absolute atomic E-state index is 0.182. The van der Waals surface area contributed by atoms with E-state index in [-0.39, 0.29) is 11.3 Å². The number of aromatic nitrogens is 3. The molecule has 132 valence electrons. The van der Waals surface area contributed by atoms with Gasteiger partial charge in [-0.05, 0) is 23.6 Å². The second kappa shape index (κ2) is 5.85. The molecule has 4 rings (SSSR count). The van der Waals surface area contributed by atoms with E-state index in [9.17, 15) is 18.0 Å². The van der Waals surface area contributed by atoms with Crippen LogP contribution in [-0.2, 0) is 9.84 Å². The smallest absolute Gasteiger partial charge is 0.264 e. The number of fused-ring (bicyclic) bond motifs is 1. The highest BCUT2D eigenvalue weighted by molar-refractivity contribution is 7.94. The number of sulfone groups is 1. The molecule has 1 amide bonds. The van der Waals surface area contributed by atoms with Crippen molar-refractivity contribution in [2.75, 3.05) is 5.75 Å². The van der Waals surface area contributed by atoms with Gasteiger partial charge in [0.05, 0.1) is 17.3 Å². The molecule has 1 aliphatic rings. The summed E-state index contributed by atoms with van der Waals surface area (Å²) in [7, 11) is -3.39. The molecule has 1 aromatic carbocycles. The van der Waals surface area contributed by atoms with E-state index in [0.29, 0.717) is 15.9 Å². The van der Waals surface area contributed by atoms with Crippen LogP contribution >= 0.6 is 11.3 Å². The number of carbonyl (C=O) groups is 1. The largest absolute Gasteiger partial charge is 0.365 e. The number of rotatable bonds is 3. The Kier molecular flexibility index (Phi) is 3.74. The molecule has 0 saturated heterocycles. The van der Waals surface area contributed by atoms with Crippen molar-refractivity contribution in [2.45, 2.75) is 6.04 Å². The lowest BCUT2D eigenvalue weighted by molar-refractivity contribution is 0.0998. The molecule has 3 heterocycles.